The van der Waals surface area contributed by atoms with Gasteiger partial charge in [0, 0.05) is 17.3 Å². The summed E-state index contributed by atoms with van der Waals surface area (Å²) in [5.74, 6) is 0.269. The molecule has 0 radical (unpaired) electrons. The Morgan fingerprint density at radius 3 is 2.22 bits per heavy atom. The number of aliphatic hydroxyl groups is 1. The monoisotopic (exact) mass is 395 g/mol. The Bertz CT molecular complexity index is 797. The number of aliphatic hydroxyl groups excluding tert-OH is 1. The van der Waals surface area contributed by atoms with Crippen LogP contribution in [0.4, 0.5) is 0 Å². The van der Waals surface area contributed by atoms with Crippen molar-refractivity contribution in [3.63, 3.8) is 0 Å². The van der Waals surface area contributed by atoms with Gasteiger partial charge < -0.3 is 28.8 Å². The fraction of sp³-hybridized carbons (Fsp3) is 0.421. The van der Waals surface area contributed by atoms with Crippen LogP contribution >= 0.6 is 11.6 Å². The maximum atomic E-state index is 11.1. The summed E-state index contributed by atoms with van der Waals surface area (Å²) in [6.45, 7) is 2.70. The molecule has 1 aromatic heterocycles. The van der Waals surface area contributed by atoms with Crippen molar-refractivity contribution in [1.82, 2.24) is 4.98 Å². The third-order valence-corrected chi connectivity index (χ3v) is 4.85. The first-order valence-corrected chi connectivity index (χ1v) is 8.73. The number of aromatic nitrogens is 1. The minimum absolute atomic E-state index is 0.161. The van der Waals surface area contributed by atoms with Crippen molar-refractivity contribution in [3.05, 3.63) is 46.2 Å². The van der Waals surface area contributed by atoms with Crippen LogP contribution in [0, 0.1) is 0 Å². The van der Waals surface area contributed by atoms with Gasteiger partial charge in [-0.2, -0.15) is 0 Å². The molecule has 2 heterocycles. The highest BCUT2D eigenvalue weighted by Gasteiger charge is 2.38. The Morgan fingerprint density at radius 2 is 1.70 bits per heavy atom. The molecule has 1 aromatic carbocycles. The lowest BCUT2D eigenvalue weighted by molar-refractivity contribution is -0.150. The van der Waals surface area contributed by atoms with Crippen molar-refractivity contribution < 1.29 is 28.8 Å². The van der Waals surface area contributed by atoms with Crippen LogP contribution in [0.3, 0.4) is 0 Å². The predicted octanol–water partition coefficient (Wildman–Crippen LogP) is 3.06. The zero-order valence-electron chi connectivity index (χ0n) is 15.6. The Hall–Kier alpha value is -2.06. The largest absolute Gasteiger partial charge is 0.493 e. The lowest BCUT2D eigenvalue weighted by Gasteiger charge is -2.28. The van der Waals surface area contributed by atoms with Crippen molar-refractivity contribution in [2.75, 3.05) is 34.5 Å². The number of pyridine rings is 1. The molecule has 1 unspecified atom stereocenters. The van der Waals surface area contributed by atoms with E-state index in [0.717, 1.165) is 0 Å². The molecule has 2 aromatic rings. The summed E-state index contributed by atoms with van der Waals surface area (Å²) in [4.78, 5) is 4.11. The van der Waals surface area contributed by atoms with Crippen LogP contribution in [0.15, 0.2) is 24.4 Å². The molecule has 0 bridgehead atoms. The van der Waals surface area contributed by atoms with Gasteiger partial charge >= 0.3 is 0 Å². The molecule has 3 rings (SSSR count). The van der Waals surface area contributed by atoms with Crippen LogP contribution < -0.4 is 14.2 Å². The first-order chi connectivity index (χ1) is 12.9. The molecule has 1 N–H and O–H groups in total. The maximum absolute atomic E-state index is 11.1. The Labute approximate surface area is 162 Å². The van der Waals surface area contributed by atoms with Gasteiger partial charge in [0.25, 0.3) is 0 Å². The van der Waals surface area contributed by atoms with Crippen LogP contribution in [-0.4, -0.2) is 44.6 Å². The van der Waals surface area contributed by atoms with E-state index in [4.69, 9.17) is 35.3 Å². The first kappa shape index (κ1) is 19.7. The zero-order valence-corrected chi connectivity index (χ0v) is 16.4. The second kappa shape index (κ2) is 7.90. The van der Waals surface area contributed by atoms with Gasteiger partial charge in [-0.3, -0.25) is 0 Å². The van der Waals surface area contributed by atoms with Gasteiger partial charge in [0.15, 0.2) is 17.3 Å². The van der Waals surface area contributed by atoms with Gasteiger partial charge in [-0.1, -0.05) is 11.6 Å². The van der Waals surface area contributed by atoms with E-state index in [1.165, 1.54) is 21.3 Å². The highest BCUT2D eigenvalue weighted by Crippen LogP contribution is 2.44. The van der Waals surface area contributed by atoms with E-state index < -0.39 is 11.9 Å². The fourth-order valence-corrected chi connectivity index (χ4v) is 3.46. The lowest BCUT2D eigenvalue weighted by Crippen LogP contribution is -2.25. The van der Waals surface area contributed by atoms with E-state index in [1.807, 2.05) is 0 Å². The number of methoxy groups -OCH3 is 3. The number of rotatable bonds is 6. The van der Waals surface area contributed by atoms with Crippen molar-refractivity contribution >= 4 is 11.6 Å². The molecule has 146 valence electrons. The molecular weight excluding hydrogens is 374 g/mol. The van der Waals surface area contributed by atoms with Crippen LogP contribution in [0.25, 0.3) is 0 Å². The Kier molecular flexibility index (Phi) is 5.76. The molecule has 1 aliphatic heterocycles. The SMILES string of the molecule is COc1cc(C(O)c2c(C3(C)OCCO3)ccnc2Cl)cc(OC)c1OC. The van der Waals surface area contributed by atoms with Gasteiger partial charge in [0.05, 0.1) is 34.5 Å². The third kappa shape index (κ3) is 3.55. The molecular formula is C19H22ClNO6. The van der Waals surface area contributed by atoms with E-state index >= 15 is 0 Å². The summed E-state index contributed by atoms with van der Waals surface area (Å²) in [5.41, 5.74) is 1.52. The molecule has 7 nitrogen and oxygen atoms in total. The minimum Gasteiger partial charge on any atom is -0.493 e. The first-order valence-electron chi connectivity index (χ1n) is 8.36. The molecule has 1 atom stereocenters. The predicted molar refractivity (Wildman–Crippen MR) is 98.7 cm³/mol. The number of halogens is 1. The second-order valence-corrected chi connectivity index (χ2v) is 6.42. The van der Waals surface area contributed by atoms with Crippen molar-refractivity contribution in [2.45, 2.75) is 18.8 Å². The van der Waals surface area contributed by atoms with Crippen LogP contribution in [0.1, 0.15) is 29.7 Å². The summed E-state index contributed by atoms with van der Waals surface area (Å²) in [7, 11) is 4.54. The van der Waals surface area contributed by atoms with E-state index in [0.29, 0.717) is 47.2 Å². The molecule has 1 fully saturated rings. The van der Waals surface area contributed by atoms with Crippen molar-refractivity contribution in [1.29, 1.82) is 0 Å². The van der Waals surface area contributed by atoms with E-state index in [1.54, 1.807) is 31.3 Å². The van der Waals surface area contributed by atoms with E-state index in [2.05, 4.69) is 4.98 Å². The highest BCUT2D eigenvalue weighted by molar-refractivity contribution is 6.30. The number of ether oxygens (including phenoxy) is 5. The summed E-state index contributed by atoms with van der Waals surface area (Å²) in [5, 5.41) is 11.3. The molecule has 1 aliphatic rings. The Morgan fingerprint density at radius 1 is 1.11 bits per heavy atom. The number of benzene rings is 1. The van der Waals surface area contributed by atoms with Gasteiger partial charge in [0.2, 0.25) is 5.75 Å². The molecule has 27 heavy (non-hydrogen) atoms. The van der Waals surface area contributed by atoms with Crippen LogP contribution in [0.2, 0.25) is 5.15 Å². The summed E-state index contributed by atoms with van der Waals surface area (Å²) in [6.07, 6.45) is 0.443. The van der Waals surface area contributed by atoms with Crippen LogP contribution in [0.5, 0.6) is 17.2 Å². The van der Waals surface area contributed by atoms with E-state index in [9.17, 15) is 5.11 Å². The zero-order chi connectivity index (χ0) is 19.6. The van der Waals surface area contributed by atoms with Crippen LogP contribution in [-0.2, 0) is 15.3 Å². The highest BCUT2D eigenvalue weighted by atomic mass is 35.5. The van der Waals surface area contributed by atoms with Gasteiger partial charge in [-0.15, -0.1) is 0 Å². The van der Waals surface area contributed by atoms with E-state index in [-0.39, 0.29) is 5.15 Å². The standard InChI is InChI=1S/C19H22ClNO6/c1-19(26-7-8-27-19)12-5-6-21-18(20)15(12)16(22)11-9-13(23-2)17(25-4)14(10-11)24-3/h5-6,9-10,16,22H,7-8H2,1-4H3. The molecule has 0 amide bonds. The minimum atomic E-state index is -1.11. The molecule has 0 aliphatic carbocycles. The molecule has 8 heteroatoms. The summed E-state index contributed by atoms with van der Waals surface area (Å²) < 4.78 is 27.6. The van der Waals surface area contributed by atoms with Gasteiger partial charge in [0.1, 0.15) is 11.3 Å². The second-order valence-electron chi connectivity index (χ2n) is 6.07. The van der Waals surface area contributed by atoms with Gasteiger partial charge in [-0.05, 0) is 30.7 Å². The Balaban J connectivity index is 2.13. The third-order valence-electron chi connectivity index (χ3n) is 4.55. The smallest absolute Gasteiger partial charge is 0.203 e. The van der Waals surface area contributed by atoms with Gasteiger partial charge in [-0.25, -0.2) is 4.98 Å². The average Bonchev–Trinajstić information content (AvgIpc) is 3.13. The molecule has 0 saturated carbocycles. The maximum Gasteiger partial charge on any atom is 0.203 e. The number of hydrogen-bond donors (Lipinski definition) is 1. The summed E-state index contributed by atoms with van der Waals surface area (Å²) in [6, 6.07) is 5.06. The fourth-order valence-electron chi connectivity index (χ4n) is 3.20. The average molecular weight is 396 g/mol. The number of hydrogen-bond acceptors (Lipinski definition) is 7. The van der Waals surface area contributed by atoms with Crippen molar-refractivity contribution in [2.24, 2.45) is 0 Å². The number of nitrogens with zero attached hydrogens (tertiary/aromatic N) is 1. The van der Waals surface area contributed by atoms with Crippen molar-refractivity contribution in [3.8, 4) is 17.2 Å². The quantitative estimate of drug-likeness (QED) is 0.753. The molecule has 0 spiro atoms. The molecule has 1 saturated heterocycles. The summed E-state index contributed by atoms with van der Waals surface area (Å²) >= 11 is 6.35. The lowest BCUT2D eigenvalue weighted by atomic mass is 9.94. The normalized spacial score (nSPS) is 16.8. The topological polar surface area (TPSA) is 79.3 Å².